The molecule has 0 aromatic heterocycles. The van der Waals surface area contributed by atoms with E-state index in [0.717, 1.165) is 17.7 Å². The number of benzene rings is 2. The second-order valence-electron chi connectivity index (χ2n) is 5.36. The highest BCUT2D eigenvalue weighted by atomic mass is 19.1. The first-order chi connectivity index (χ1) is 9.76. The van der Waals surface area contributed by atoms with Gasteiger partial charge in [0.15, 0.2) is 0 Å². The average molecular weight is 270 g/mol. The van der Waals surface area contributed by atoms with Crippen molar-refractivity contribution in [3.05, 3.63) is 65.5 Å². The van der Waals surface area contributed by atoms with Gasteiger partial charge in [-0.25, -0.2) is 4.39 Å². The smallest absolute Gasteiger partial charge is 0.123 e. The van der Waals surface area contributed by atoms with Gasteiger partial charge in [-0.3, -0.25) is 0 Å². The normalized spacial score (nSPS) is 14.3. The summed E-state index contributed by atoms with van der Waals surface area (Å²) in [5.41, 5.74) is 9.14. The fourth-order valence-electron chi connectivity index (χ4n) is 2.43. The molecule has 0 aliphatic heterocycles. The number of hydrogen-bond acceptors (Lipinski definition) is 2. The minimum absolute atomic E-state index is 0.181. The zero-order chi connectivity index (χ0) is 13.9. The Morgan fingerprint density at radius 2 is 1.55 bits per heavy atom. The highest BCUT2D eigenvalue weighted by Crippen LogP contribution is 2.33. The molecule has 1 fully saturated rings. The molecule has 0 saturated heterocycles. The minimum atomic E-state index is -0.181. The second-order valence-corrected chi connectivity index (χ2v) is 5.36. The van der Waals surface area contributed by atoms with Crippen LogP contribution in [0.25, 0.3) is 0 Å². The van der Waals surface area contributed by atoms with Gasteiger partial charge in [-0.2, -0.15) is 0 Å². The molecule has 20 heavy (non-hydrogen) atoms. The molecule has 0 bridgehead atoms. The Morgan fingerprint density at radius 1 is 0.950 bits per heavy atom. The van der Waals surface area contributed by atoms with E-state index in [1.54, 1.807) is 0 Å². The van der Waals surface area contributed by atoms with E-state index in [4.69, 9.17) is 5.73 Å². The summed E-state index contributed by atoms with van der Waals surface area (Å²) in [6.07, 6.45) is 2.47. The number of nitrogens with zero attached hydrogens (tertiary/aromatic N) is 1. The Balaban J connectivity index is 1.79. The molecule has 1 saturated carbocycles. The monoisotopic (exact) mass is 270 g/mol. The second kappa shape index (κ2) is 5.63. The molecule has 104 valence electrons. The van der Waals surface area contributed by atoms with Crippen LogP contribution in [0.1, 0.15) is 24.0 Å². The van der Waals surface area contributed by atoms with Crippen LogP contribution in [0.4, 0.5) is 10.1 Å². The zero-order valence-electron chi connectivity index (χ0n) is 11.4. The topological polar surface area (TPSA) is 29.3 Å². The highest BCUT2D eigenvalue weighted by Gasteiger charge is 2.29. The van der Waals surface area contributed by atoms with E-state index >= 15 is 0 Å². The third-order valence-corrected chi connectivity index (χ3v) is 3.76. The fourth-order valence-corrected chi connectivity index (χ4v) is 2.43. The van der Waals surface area contributed by atoms with Crippen LogP contribution in [-0.2, 0) is 13.1 Å². The molecular weight excluding hydrogens is 251 g/mol. The lowest BCUT2D eigenvalue weighted by molar-refractivity contribution is 0.626. The quantitative estimate of drug-likeness (QED) is 0.901. The van der Waals surface area contributed by atoms with E-state index in [1.165, 1.54) is 30.7 Å². The summed E-state index contributed by atoms with van der Waals surface area (Å²) in [6.45, 7) is 1.40. The molecule has 2 aromatic carbocycles. The van der Waals surface area contributed by atoms with E-state index in [9.17, 15) is 4.39 Å². The minimum Gasteiger partial charge on any atom is -0.364 e. The van der Waals surface area contributed by atoms with Gasteiger partial charge in [0.05, 0.1) is 0 Å². The summed E-state index contributed by atoms with van der Waals surface area (Å²) >= 11 is 0. The highest BCUT2D eigenvalue weighted by molar-refractivity contribution is 5.50. The Bertz CT molecular complexity index is 559. The molecule has 0 amide bonds. The lowest BCUT2D eigenvalue weighted by Crippen LogP contribution is -2.24. The first-order valence-electron chi connectivity index (χ1n) is 7.06. The number of halogens is 1. The Morgan fingerprint density at radius 3 is 2.10 bits per heavy atom. The lowest BCUT2D eigenvalue weighted by Gasteiger charge is -2.25. The van der Waals surface area contributed by atoms with Crippen molar-refractivity contribution in [2.75, 3.05) is 4.90 Å². The molecule has 2 nitrogen and oxygen atoms in total. The third-order valence-electron chi connectivity index (χ3n) is 3.76. The van der Waals surface area contributed by atoms with Gasteiger partial charge >= 0.3 is 0 Å². The van der Waals surface area contributed by atoms with Crippen LogP contribution in [0.2, 0.25) is 0 Å². The molecule has 1 aliphatic rings. The van der Waals surface area contributed by atoms with E-state index in [-0.39, 0.29) is 5.82 Å². The SMILES string of the molecule is NCc1ccc(N(Cc2ccc(F)cc2)C2CC2)cc1. The third kappa shape index (κ3) is 2.99. The van der Waals surface area contributed by atoms with Gasteiger partial charge in [0.25, 0.3) is 0 Å². The van der Waals surface area contributed by atoms with Crippen LogP contribution in [-0.4, -0.2) is 6.04 Å². The molecule has 0 atom stereocenters. The summed E-state index contributed by atoms with van der Waals surface area (Å²) < 4.78 is 13.0. The van der Waals surface area contributed by atoms with Crippen LogP contribution in [0, 0.1) is 5.82 Å². The average Bonchev–Trinajstić information content (AvgIpc) is 3.31. The van der Waals surface area contributed by atoms with E-state index in [2.05, 4.69) is 29.2 Å². The molecule has 0 spiro atoms. The van der Waals surface area contributed by atoms with Crippen LogP contribution < -0.4 is 10.6 Å². The van der Waals surface area contributed by atoms with Crippen molar-refractivity contribution in [2.45, 2.75) is 32.0 Å². The number of anilines is 1. The maximum absolute atomic E-state index is 13.0. The zero-order valence-corrected chi connectivity index (χ0v) is 11.4. The Hall–Kier alpha value is -1.87. The molecule has 3 rings (SSSR count). The predicted octanol–water partition coefficient (Wildman–Crippen LogP) is 3.45. The Kier molecular flexibility index (Phi) is 3.70. The number of hydrogen-bond donors (Lipinski definition) is 1. The predicted molar refractivity (Wildman–Crippen MR) is 79.9 cm³/mol. The summed E-state index contributed by atoms with van der Waals surface area (Å²) in [7, 11) is 0. The van der Waals surface area contributed by atoms with Crippen molar-refractivity contribution in [3.63, 3.8) is 0 Å². The lowest BCUT2D eigenvalue weighted by atomic mass is 10.1. The molecule has 2 aromatic rings. The molecular formula is C17H19FN2. The van der Waals surface area contributed by atoms with E-state index < -0.39 is 0 Å². The van der Waals surface area contributed by atoms with E-state index in [0.29, 0.717) is 12.6 Å². The van der Waals surface area contributed by atoms with Crippen molar-refractivity contribution in [2.24, 2.45) is 5.73 Å². The number of rotatable bonds is 5. The molecule has 3 heteroatoms. The van der Waals surface area contributed by atoms with Gasteiger partial charge < -0.3 is 10.6 Å². The largest absolute Gasteiger partial charge is 0.364 e. The molecule has 2 N–H and O–H groups in total. The van der Waals surface area contributed by atoms with Crippen LogP contribution in [0.3, 0.4) is 0 Å². The van der Waals surface area contributed by atoms with Gasteiger partial charge in [0, 0.05) is 24.8 Å². The Labute approximate surface area is 119 Å². The maximum atomic E-state index is 13.0. The van der Waals surface area contributed by atoms with Gasteiger partial charge in [-0.15, -0.1) is 0 Å². The van der Waals surface area contributed by atoms with Gasteiger partial charge in [-0.05, 0) is 48.2 Å². The van der Waals surface area contributed by atoms with Crippen molar-refractivity contribution in [1.29, 1.82) is 0 Å². The summed E-state index contributed by atoms with van der Waals surface area (Å²) in [6, 6.07) is 15.8. The van der Waals surface area contributed by atoms with Crippen LogP contribution in [0.5, 0.6) is 0 Å². The summed E-state index contributed by atoms with van der Waals surface area (Å²) in [4.78, 5) is 2.40. The fraction of sp³-hybridized carbons (Fsp3) is 0.294. The summed E-state index contributed by atoms with van der Waals surface area (Å²) in [5, 5.41) is 0. The van der Waals surface area contributed by atoms with Crippen molar-refractivity contribution < 1.29 is 4.39 Å². The van der Waals surface area contributed by atoms with Gasteiger partial charge in [-0.1, -0.05) is 24.3 Å². The molecule has 0 radical (unpaired) electrons. The summed E-state index contributed by atoms with van der Waals surface area (Å²) in [5.74, 6) is -0.181. The van der Waals surface area contributed by atoms with Crippen LogP contribution >= 0.6 is 0 Å². The van der Waals surface area contributed by atoms with Gasteiger partial charge in [0.2, 0.25) is 0 Å². The van der Waals surface area contributed by atoms with E-state index in [1.807, 2.05) is 12.1 Å². The first kappa shape index (κ1) is 13.1. The van der Waals surface area contributed by atoms with Gasteiger partial charge in [0.1, 0.15) is 5.82 Å². The van der Waals surface area contributed by atoms with Crippen molar-refractivity contribution in [3.8, 4) is 0 Å². The van der Waals surface area contributed by atoms with Crippen molar-refractivity contribution >= 4 is 5.69 Å². The first-order valence-corrected chi connectivity index (χ1v) is 7.06. The standard InChI is InChI=1S/C17H19FN2/c18-15-5-1-14(2-6-15)12-20(17-9-10-17)16-7-3-13(11-19)4-8-16/h1-8,17H,9-12,19H2. The molecule has 1 aliphatic carbocycles. The van der Waals surface area contributed by atoms with Crippen LogP contribution in [0.15, 0.2) is 48.5 Å². The molecule has 0 unspecified atom stereocenters. The maximum Gasteiger partial charge on any atom is 0.123 e. The van der Waals surface area contributed by atoms with Crippen molar-refractivity contribution in [1.82, 2.24) is 0 Å². The number of nitrogens with two attached hydrogens (primary N) is 1. The molecule has 0 heterocycles.